The molecule has 0 aromatic heterocycles. The first kappa shape index (κ1) is 14.5. The summed E-state index contributed by atoms with van der Waals surface area (Å²) in [4.78, 5) is 24.4. The lowest BCUT2D eigenvalue weighted by atomic mass is 9.99. The van der Waals surface area contributed by atoms with Crippen LogP contribution in [0.25, 0.3) is 0 Å². The average Bonchev–Trinajstić information content (AvgIpc) is 2.35. The number of hydrogen-bond acceptors (Lipinski definition) is 4. The molecular weight excluding hydrogens is 282 g/mol. The largest absolute Gasteiger partial charge is 0.478 e. The van der Waals surface area contributed by atoms with E-state index in [1.54, 1.807) is 6.07 Å². The molecule has 1 aromatic carbocycles. The van der Waals surface area contributed by atoms with Crippen LogP contribution in [0.5, 0.6) is 0 Å². The lowest BCUT2D eigenvalue weighted by Crippen LogP contribution is -2.39. The van der Waals surface area contributed by atoms with E-state index in [1.807, 2.05) is 0 Å². The van der Waals surface area contributed by atoms with Gasteiger partial charge in [-0.2, -0.15) is 0 Å². The first-order chi connectivity index (χ1) is 9.28. The first-order valence-corrected chi connectivity index (χ1v) is 8.18. The molecule has 6 nitrogen and oxygen atoms in total. The predicted octanol–water partition coefficient (Wildman–Crippen LogP) is 0.709. The number of carbonyl (C=O) groups is 2. The molecule has 1 aliphatic rings. The molecule has 0 spiro atoms. The lowest BCUT2D eigenvalue weighted by Gasteiger charge is -2.29. The maximum atomic E-state index is 12.0. The Labute approximate surface area is 116 Å². The van der Waals surface area contributed by atoms with E-state index < -0.39 is 27.5 Å². The van der Waals surface area contributed by atoms with Gasteiger partial charge < -0.3 is 10.0 Å². The summed E-state index contributed by atoms with van der Waals surface area (Å²) in [7, 11) is -3.38. The fraction of sp³-hybridized carbons (Fsp3) is 0.385. The van der Waals surface area contributed by atoms with Crippen LogP contribution < -0.4 is 4.90 Å². The number of carbonyl (C=O) groups excluding carboxylic acids is 1. The minimum atomic E-state index is -3.38. The van der Waals surface area contributed by atoms with Gasteiger partial charge in [0.1, 0.15) is 5.75 Å². The molecule has 0 aliphatic carbocycles. The van der Waals surface area contributed by atoms with Gasteiger partial charge in [-0.1, -0.05) is 0 Å². The number of aryl methyl sites for hydroxylation is 1. The first-order valence-electron chi connectivity index (χ1n) is 6.12. The van der Waals surface area contributed by atoms with Crippen molar-refractivity contribution in [1.82, 2.24) is 0 Å². The van der Waals surface area contributed by atoms with Crippen LogP contribution in [0.2, 0.25) is 0 Å². The zero-order valence-electron chi connectivity index (χ0n) is 11.0. The molecule has 0 atom stereocenters. The molecule has 1 heterocycles. The molecule has 1 aromatic rings. The average molecular weight is 297 g/mol. The van der Waals surface area contributed by atoms with Crippen molar-refractivity contribution >= 4 is 27.4 Å². The van der Waals surface area contributed by atoms with E-state index in [0.29, 0.717) is 25.1 Å². The zero-order valence-corrected chi connectivity index (χ0v) is 11.8. The van der Waals surface area contributed by atoms with Gasteiger partial charge in [-0.05, 0) is 36.6 Å². The highest BCUT2D eigenvalue weighted by Gasteiger charge is 2.25. The minimum absolute atomic E-state index is 0.168. The highest BCUT2D eigenvalue weighted by Crippen LogP contribution is 2.28. The number of benzene rings is 1. The van der Waals surface area contributed by atoms with E-state index >= 15 is 0 Å². The molecule has 1 N–H and O–H groups in total. The van der Waals surface area contributed by atoms with Gasteiger partial charge in [-0.3, -0.25) is 4.79 Å². The molecule has 0 saturated heterocycles. The van der Waals surface area contributed by atoms with Crippen LogP contribution in [0.1, 0.15) is 22.3 Å². The number of fused-ring (bicyclic) bond motifs is 1. The monoisotopic (exact) mass is 297 g/mol. The van der Waals surface area contributed by atoms with E-state index in [0.717, 1.165) is 11.8 Å². The lowest BCUT2D eigenvalue weighted by molar-refractivity contribution is -0.116. The number of aromatic carboxylic acids is 1. The standard InChI is InChI=1S/C13H15NO5S/c1-20(18,19)8-12(15)14-6-2-3-9-7-10(13(16)17)4-5-11(9)14/h4-5,7H,2-3,6,8H2,1H3,(H,16,17). The van der Waals surface area contributed by atoms with Crippen LogP contribution in [-0.2, 0) is 21.1 Å². The van der Waals surface area contributed by atoms with Crippen molar-refractivity contribution in [3.63, 3.8) is 0 Å². The molecule has 2 rings (SSSR count). The van der Waals surface area contributed by atoms with Crippen LogP contribution in [0, 0.1) is 0 Å². The molecule has 0 unspecified atom stereocenters. The van der Waals surface area contributed by atoms with Crippen molar-refractivity contribution in [3.05, 3.63) is 29.3 Å². The Hall–Kier alpha value is -1.89. The third-order valence-electron chi connectivity index (χ3n) is 3.13. The van der Waals surface area contributed by atoms with E-state index in [2.05, 4.69) is 0 Å². The molecule has 0 bridgehead atoms. The third-order valence-corrected chi connectivity index (χ3v) is 3.90. The van der Waals surface area contributed by atoms with Crippen LogP contribution in [0.4, 0.5) is 5.69 Å². The Bertz CT molecular complexity index is 665. The summed E-state index contributed by atoms with van der Waals surface area (Å²) in [6.45, 7) is 0.452. The van der Waals surface area contributed by atoms with Gasteiger partial charge in [0.15, 0.2) is 9.84 Å². The second-order valence-corrected chi connectivity index (χ2v) is 7.01. The number of hydrogen-bond donors (Lipinski definition) is 1. The second kappa shape index (κ2) is 5.24. The predicted molar refractivity (Wildman–Crippen MR) is 73.8 cm³/mol. The van der Waals surface area contributed by atoms with E-state index in [1.165, 1.54) is 17.0 Å². The molecule has 108 valence electrons. The highest BCUT2D eigenvalue weighted by molar-refractivity contribution is 7.91. The van der Waals surface area contributed by atoms with Crippen LogP contribution in [-0.4, -0.2) is 44.0 Å². The number of rotatable bonds is 3. The molecule has 20 heavy (non-hydrogen) atoms. The fourth-order valence-corrected chi connectivity index (χ4v) is 2.90. The normalized spacial score (nSPS) is 14.8. The molecule has 0 fully saturated rings. The van der Waals surface area contributed by atoms with Gasteiger partial charge in [0.05, 0.1) is 5.56 Å². The molecule has 7 heteroatoms. The van der Waals surface area contributed by atoms with Gasteiger partial charge in [-0.25, -0.2) is 13.2 Å². The van der Waals surface area contributed by atoms with Crippen molar-refractivity contribution < 1.29 is 23.1 Å². The molecule has 1 aliphatic heterocycles. The van der Waals surface area contributed by atoms with Crippen molar-refractivity contribution in [2.45, 2.75) is 12.8 Å². The summed E-state index contributed by atoms with van der Waals surface area (Å²) in [6, 6.07) is 4.53. The summed E-state index contributed by atoms with van der Waals surface area (Å²) in [5.41, 5.74) is 1.54. The minimum Gasteiger partial charge on any atom is -0.478 e. The summed E-state index contributed by atoms with van der Waals surface area (Å²) < 4.78 is 22.4. The molecule has 0 radical (unpaired) electrons. The van der Waals surface area contributed by atoms with Gasteiger partial charge in [0, 0.05) is 18.5 Å². The smallest absolute Gasteiger partial charge is 0.335 e. The van der Waals surface area contributed by atoms with Crippen molar-refractivity contribution in [3.8, 4) is 0 Å². The van der Waals surface area contributed by atoms with Crippen molar-refractivity contribution in [2.24, 2.45) is 0 Å². The molecule has 1 amide bonds. The van der Waals surface area contributed by atoms with Crippen LogP contribution >= 0.6 is 0 Å². The van der Waals surface area contributed by atoms with Crippen molar-refractivity contribution in [2.75, 3.05) is 23.5 Å². The van der Waals surface area contributed by atoms with Gasteiger partial charge in [0.2, 0.25) is 5.91 Å². The Balaban J connectivity index is 2.33. The van der Waals surface area contributed by atoms with Crippen LogP contribution in [0.15, 0.2) is 18.2 Å². The van der Waals surface area contributed by atoms with Gasteiger partial charge in [0.25, 0.3) is 0 Å². The maximum absolute atomic E-state index is 12.0. The number of anilines is 1. The van der Waals surface area contributed by atoms with Crippen molar-refractivity contribution in [1.29, 1.82) is 0 Å². The van der Waals surface area contributed by atoms with Crippen LogP contribution in [0.3, 0.4) is 0 Å². The Morgan fingerprint density at radius 1 is 1.35 bits per heavy atom. The second-order valence-electron chi connectivity index (χ2n) is 4.87. The maximum Gasteiger partial charge on any atom is 0.335 e. The van der Waals surface area contributed by atoms with E-state index in [4.69, 9.17) is 5.11 Å². The summed E-state index contributed by atoms with van der Waals surface area (Å²) in [5.74, 6) is -2.03. The number of carboxylic acid groups (broad SMARTS) is 1. The fourth-order valence-electron chi connectivity index (χ4n) is 2.29. The Kier molecular flexibility index (Phi) is 3.80. The number of carboxylic acids is 1. The SMILES string of the molecule is CS(=O)(=O)CC(=O)N1CCCc2cc(C(=O)O)ccc21. The zero-order chi connectivity index (χ0) is 14.9. The van der Waals surface area contributed by atoms with Gasteiger partial charge in [-0.15, -0.1) is 0 Å². The number of nitrogens with zero attached hydrogens (tertiary/aromatic N) is 1. The number of sulfone groups is 1. The topological polar surface area (TPSA) is 91.8 Å². The molecular formula is C13H15NO5S. The Morgan fingerprint density at radius 2 is 2.05 bits per heavy atom. The van der Waals surface area contributed by atoms with E-state index in [9.17, 15) is 18.0 Å². The van der Waals surface area contributed by atoms with Gasteiger partial charge >= 0.3 is 5.97 Å². The summed E-state index contributed by atoms with van der Waals surface area (Å²) >= 11 is 0. The Morgan fingerprint density at radius 3 is 2.65 bits per heavy atom. The number of amides is 1. The van der Waals surface area contributed by atoms with E-state index in [-0.39, 0.29) is 5.56 Å². The summed E-state index contributed by atoms with van der Waals surface area (Å²) in [6.07, 6.45) is 2.38. The summed E-state index contributed by atoms with van der Waals surface area (Å²) in [5, 5.41) is 8.95. The third kappa shape index (κ3) is 3.16. The highest BCUT2D eigenvalue weighted by atomic mass is 32.2. The molecule has 0 saturated carbocycles. The quantitative estimate of drug-likeness (QED) is 0.887.